The van der Waals surface area contributed by atoms with E-state index in [0.29, 0.717) is 5.88 Å². The predicted molar refractivity (Wildman–Crippen MR) is 58.1 cm³/mol. The molecule has 0 bridgehead atoms. The van der Waals surface area contributed by atoms with Crippen molar-refractivity contribution in [2.24, 2.45) is 0 Å². The third-order valence-corrected chi connectivity index (χ3v) is 2.61. The molecule has 3 heteroatoms. The van der Waals surface area contributed by atoms with Gasteiger partial charge in [0.05, 0.1) is 26.5 Å². The molecule has 80 valence electrons. The number of rotatable bonds is 7. The molecule has 1 atom stereocenters. The molecule has 0 fully saturated rings. The Hall–Kier alpha value is 0.210. The largest absolute Gasteiger partial charge is 0.386 e. The van der Waals surface area contributed by atoms with Gasteiger partial charge in [0.1, 0.15) is 12.6 Å². The SMILES string of the molecule is CCCCC[N+](C)(C)CC(O)CCl. The van der Waals surface area contributed by atoms with E-state index >= 15 is 0 Å². The van der Waals surface area contributed by atoms with Crippen LogP contribution in [0.2, 0.25) is 0 Å². The molecular formula is C10H23ClNO+. The lowest BCUT2D eigenvalue weighted by Gasteiger charge is -2.31. The van der Waals surface area contributed by atoms with Crippen LogP contribution in [-0.2, 0) is 0 Å². The quantitative estimate of drug-likeness (QED) is 0.385. The van der Waals surface area contributed by atoms with Gasteiger partial charge in [-0.25, -0.2) is 0 Å². The van der Waals surface area contributed by atoms with E-state index in [-0.39, 0.29) is 6.10 Å². The minimum absolute atomic E-state index is 0.343. The number of nitrogens with zero attached hydrogens (tertiary/aromatic N) is 1. The predicted octanol–water partition coefficient (Wildman–Crippen LogP) is 1.85. The first-order valence-corrected chi connectivity index (χ1v) is 5.61. The average molecular weight is 209 g/mol. The molecule has 0 aromatic heterocycles. The van der Waals surface area contributed by atoms with E-state index in [0.717, 1.165) is 17.6 Å². The summed E-state index contributed by atoms with van der Waals surface area (Å²) in [6.45, 7) is 4.09. The van der Waals surface area contributed by atoms with Gasteiger partial charge in [0.15, 0.2) is 0 Å². The maximum atomic E-state index is 9.40. The van der Waals surface area contributed by atoms with Crippen molar-refractivity contribution >= 4 is 11.6 Å². The number of aliphatic hydroxyl groups excluding tert-OH is 1. The van der Waals surface area contributed by atoms with Gasteiger partial charge in [-0.1, -0.05) is 13.3 Å². The molecule has 0 aliphatic carbocycles. The van der Waals surface area contributed by atoms with E-state index < -0.39 is 0 Å². The van der Waals surface area contributed by atoms with Crippen LogP contribution in [0.1, 0.15) is 26.2 Å². The highest BCUT2D eigenvalue weighted by molar-refractivity contribution is 6.18. The molecule has 0 saturated heterocycles. The van der Waals surface area contributed by atoms with Crippen LogP contribution in [0.3, 0.4) is 0 Å². The summed E-state index contributed by atoms with van der Waals surface area (Å²) in [5, 5.41) is 9.40. The fourth-order valence-corrected chi connectivity index (χ4v) is 1.60. The summed E-state index contributed by atoms with van der Waals surface area (Å²) in [5.41, 5.74) is 0. The molecule has 1 N–H and O–H groups in total. The molecule has 0 heterocycles. The van der Waals surface area contributed by atoms with Crippen molar-refractivity contribution in [3.63, 3.8) is 0 Å². The van der Waals surface area contributed by atoms with Crippen LogP contribution in [0, 0.1) is 0 Å². The normalized spacial score (nSPS) is 14.5. The molecule has 0 rings (SSSR count). The number of unbranched alkanes of at least 4 members (excludes halogenated alkanes) is 2. The highest BCUT2D eigenvalue weighted by Crippen LogP contribution is 2.05. The highest BCUT2D eigenvalue weighted by atomic mass is 35.5. The minimum atomic E-state index is -0.363. The molecule has 0 spiro atoms. The molecule has 0 radical (unpaired) electrons. The van der Waals surface area contributed by atoms with E-state index in [1.807, 2.05) is 0 Å². The maximum Gasteiger partial charge on any atom is 0.116 e. The van der Waals surface area contributed by atoms with Crippen LogP contribution in [-0.4, -0.2) is 48.8 Å². The number of hydrogen-bond donors (Lipinski definition) is 1. The molecule has 13 heavy (non-hydrogen) atoms. The number of alkyl halides is 1. The van der Waals surface area contributed by atoms with Crippen molar-refractivity contribution in [1.29, 1.82) is 0 Å². The first kappa shape index (κ1) is 13.2. The second-order valence-electron chi connectivity index (χ2n) is 4.36. The first-order valence-electron chi connectivity index (χ1n) is 5.08. The van der Waals surface area contributed by atoms with Gasteiger partial charge in [0.25, 0.3) is 0 Å². The fraction of sp³-hybridized carbons (Fsp3) is 1.00. The van der Waals surface area contributed by atoms with Crippen molar-refractivity contribution in [2.75, 3.05) is 33.1 Å². The van der Waals surface area contributed by atoms with E-state index in [1.54, 1.807) is 0 Å². The van der Waals surface area contributed by atoms with Gasteiger partial charge >= 0.3 is 0 Å². The molecule has 2 nitrogen and oxygen atoms in total. The van der Waals surface area contributed by atoms with Gasteiger partial charge in [0, 0.05) is 0 Å². The molecule has 0 aromatic carbocycles. The topological polar surface area (TPSA) is 20.2 Å². The first-order chi connectivity index (χ1) is 6.02. The van der Waals surface area contributed by atoms with Crippen LogP contribution >= 0.6 is 11.6 Å². The fourth-order valence-electron chi connectivity index (χ4n) is 1.50. The Morgan fingerprint density at radius 1 is 1.31 bits per heavy atom. The summed E-state index contributed by atoms with van der Waals surface area (Å²) >= 11 is 5.56. The Kier molecular flexibility index (Phi) is 6.74. The van der Waals surface area contributed by atoms with Crippen molar-refractivity contribution in [2.45, 2.75) is 32.3 Å². The Morgan fingerprint density at radius 2 is 1.92 bits per heavy atom. The molecule has 1 unspecified atom stereocenters. The number of likely N-dealkylation sites (N-methyl/N-ethyl adjacent to an activating group) is 1. The van der Waals surface area contributed by atoms with Crippen LogP contribution in [0.15, 0.2) is 0 Å². The van der Waals surface area contributed by atoms with Crippen LogP contribution < -0.4 is 0 Å². The maximum absolute atomic E-state index is 9.40. The van der Waals surface area contributed by atoms with Crippen LogP contribution in [0.4, 0.5) is 0 Å². The summed E-state index contributed by atoms with van der Waals surface area (Å²) in [6, 6.07) is 0. The molecule has 0 aliphatic heterocycles. The number of halogens is 1. The summed E-state index contributed by atoms with van der Waals surface area (Å²) in [7, 11) is 4.29. The zero-order valence-electron chi connectivity index (χ0n) is 9.09. The molecule has 0 aliphatic rings. The minimum Gasteiger partial charge on any atom is -0.386 e. The van der Waals surface area contributed by atoms with Gasteiger partial charge in [-0.3, -0.25) is 0 Å². The average Bonchev–Trinajstić information content (AvgIpc) is 2.03. The molecular weight excluding hydrogens is 186 g/mol. The smallest absolute Gasteiger partial charge is 0.116 e. The second-order valence-corrected chi connectivity index (χ2v) is 4.67. The standard InChI is InChI=1S/C10H23ClNO/c1-4-5-6-7-12(2,3)9-10(13)8-11/h10,13H,4-9H2,1-3H3/q+1. The zero-order chi connectivity index (χ0) is 10.3. The summed E-state index contributed by atoms with van der Waals surface area (Å²) in [4.78, 5) is 0. The number of hydrogen-bond acceptors (Lipinski definition) is 1. The van der Waals surface area contributed by atoms with Gasteiger partial charge < -0.3 is 9.59 Å². The number of quaternary nitrogens is 1. The van der Waals surface area contributed by atoms with Crippen molar-refractivity contribution < 1.29 is 9.59 Å². The Bertz CT molecular complexity index is 128. The van der Waals surface area contributed by atoms with E-state index in [4.69, 9.17) is 11.6 Å². The monoisotopic (exact) mass is 208 g/mol. The van der Waals surface area contributed by atoms with Crippen LogP contribution in [0.5, 0.6) is 0 Å². The lowest BCUT2D eigenvalue weighted by Crippen LogP contribution is -2.46. The van der Waals surface area contributed by atoms with Crippen molar-refractivity contribution in [3.05, 3.63) is 0 Å². The second kappa shape index (κ2) is 6.63. The highest BCUT2D eigenvalue weighted by Gasteiger charge is 2.18. The lowest BCUT2D eigenvalue weighted by molar-refractivity contribution is -0.893. The van der Waals surface area contributed by atoms with E-state index in [2.05, 4.69) is 21.0 Å². The van der Waals surface area contributed by atoms with E-state index in [1.165, 1.54) is 19.3 Å². The van der Waals surface area contributed by atoms with Gasteiger partial charge in [-0.15, -0.1) is 11.6 Å². The van der Waals surface area contributed by atoms with Crippen molar-refractivity contribution in [1.82, 2.24) is 0 Å². The Morgan fingerprint density at radius 3 is 2.38 bits per heavy atom. The summed E-state index contributed by atoms with van der Waals surface area (Å²) < 4.78 is 0.869. The van der Waals surface area contributed by atoms with E-state index in [9.17, 15) is 5.11 Å². The van der Waals surface area contributed by atoms with Gasteiger partial charge in [0.2, 0.25) is 0 Å². The molecule has 0 aromatic rings. The molecule has 0 saturated carbocycles. The number of aliphatic hydroxyl groups is 1. The summed E-state index contributed by atoms with van der Waals surface area (Å²) in [5.74, 6) is 0.343. The van der Waals surface area contributed by atoms with Gasteiger partial charge in [-0.2, -0.15) is 0 Å². The third kappa shape index (κ3) is 7.29. The Labute approximate surface area is 87.1 Å². The molecule has 0 amide bonds. The van der Waals surface area contributed by atoms with Crippen LogP contribution in [0.25, 0.3) is 0 Å². The zero-order valence-corrected chi connectivity index (χ0v) is 9.85. The lowest BCUT2D eigenvalue weighted by atomic mass is 10.2. The third-order valence-electron chi connectivity index (χ3n) is 2.25. The Balaban J connectivity index is 3.65. The van der Waals surface area contributed by atoms with Crippen molar-refractivity contribution in [3.8, 4) is 0 Å². The van der Waals surface area contributed by atoms with Gasteiger partial charge in [-0.05, 0) is 12.8 Å². The summed E-state index contributed by atoms with van der Waals surface area (Å²) in [6.07, 6.45) is 3.40.